The Kier molecular flexibility index (Phi) is 3.33. The lowest BCUT2D eigenvalue weighted by atomic mass is 10.3. The summed E-state index contributed by atoms with van der Waals surface area (Å²) in [6.45, 7) is 0. The lowest BCUT2D eigenvalue weighted by molar-refractivity contribution is 1.09. The molecule has 102 valence electrons. The zero-order chi connectivity index (χ0) is 14.1. The second kappa shape index (κ2) is 5.15. The summed E-state index contributed by atoms with van der Waals surface area (Å²) in [6.07, 6.45) is 1.66. The van der Waals surface area contributed by atoms with E-state index < -0.39 is 0 Å². The van der Waals surface area contributed by atoms with Crippen molar-refractivity contribution in [1.82, 2.24) is 20.2 Å². The molecule has 20 heavy (non-hydrogen) atoms. The first-order valence-electron chi connectivity index (χ1n) is 5.77. The van der Waals surface area contributed by atoms with Crippen LogP contribution in [-0.4, -0.2) is 27.2 Å². The van der Waals surface area contributed by atoms with E-state index >= 15 is 0 Å². The maximum Gasteiger partial charge on any atom is 0.226 e. The van der Waals surface area contributed by atoms with Gasteiger partial charge in [-0.25, -0.2) is 0 Å². The summed E-state index contributed by atoms with van der Waals surface area (Å²) in [4.78, 5) is 8.63. The van der Waals surface area contributed by atoms with Crippen molar-refractivity contribution in [2.75, 3.05) is 17.7 Å². The molecule has 2 aromatic heterocycles. The molecule has 0 saturated heterocycles. The Hall–Kier alpha value is -2.05. The van der Waals surface area contributed by atoms with E-state index in [0.29, 0.717) is 27.5 Å². The number of halogens is 2. The smallest absolute Gasteiger partial charge is 0.226 e. The Bertz CT molecular complexity index is 749. The molecule has 0 radical (unpaired) electrons. The fraction of sp³-hybridized carbons (Fsp3) is 0.0833. The summed E-state index contributed by atoms with van der Waals surface area (Å²) in [5.74, 6) is 1.10. The largest absolute Gasteiger partial charge is 0.357 e. The van der Waals surface area contributed by atoms with Crippen molar-refractivity contribution in [1.29, 1.82) is 0 Å². The summed E-state index contributed by atoms with van der Waals surface area (Å²) in [6, 6.07) is 5.20. The first-order valence-corrected chi connectivity index (χ1v) is 6.53. The highest BCUT2D eigenvalue weighted by atomic mass is 35.5. The molecular weight excluding hydrogens is 299 g/mol. The number of hydrogen-bond donors (Lipinski definition) is 3. The molecule has 0 spiro atoms. The van der Waals surface area contributed by atoms with Crippen LogP contribution in [0.1, 0.15) is 0 Å². The van der Waals surface area contributed by atoms with E-state index in [1.54, 1.807) is 31.4 Å². The van der Waals surface area contributed by atoms with Crippen LogP contribution >= 0.6 is 23.2 Å². The highest BCUT2D eigenvalue weighted by Gasteiger charge is 2.09. The molecule has 2 heterocycles. The number of nitrogens with one attached hydrogen (secondary N) is 3. The van der Waals surface area contributed by atoms with E-state index in [4.69, 9.17) is 23.2 Å². The fourth-order valence-corrected chi connectivity index (χ4v) is 2.33. The lowest BCUT2D eigenvalue weighted by Crippen LogP contribution is -2.01. The van der Waals surface area contributed by atoms with Gasteiger partial charge >= 0.3 is 0 Å². The number of anilines is 3. The van der Waals surface area contributed by atoms with Crippen molar-refractivity contribution >= 4 is 51.7 Å². The van der Waals surface area contributed by atoms with Crippen LogP contribution in [0.3, 0.4) is 0 Å². The summed E-state index contributed by atoms with van der Waals surface area (Å²) < 4.78 is 0. The molecule has 1 aromatic carbocycles. The molecule has 0 unspecified atom stereocenters. The van der Waals surface area contributed by atoms with Crippen molar-refractivity contribution in [3.8, 4) is 0 Å². The number of aromatic amines is 1. The maximum atomic E-state index is 5.98. The summed E-state index contributed by atoms with van der Waals surface area (Å²) >= 11 is 12.0. The molecule has 3 rings (SSSR count). The highest BCUT2D eigenvalue weighted by Crippen LogP contribution is 2.27. The van der Waals surface area contributed by atoms with E-state index in [9.17, 15) is 0 Å². The van der Waals surface area contributed by atoms with Crippen molar-refractivity contribution < 1.29 is 0 Å². The van der Waals surface area contributed by atoms with E-state index in [0.717, 1.165) is 11.1 Å². The van der Waals surface area contributed by atoms with Gasteiger partial charge < -0.3 is 10.6 Å². The lowest BCUT2D eigenvalue weighted by Gasteiger charge is -2.09. The van der Waals surface area contributed by atoms with Crippen LogP contribution in [0.4, 0.5) is 17.5 Å². The number of rotatable bonds is 3. The molecule has 0 aliphatic heterocycles. The molecule has 0 amide bonds. The van der Waals surface area contributed by atoms with Crippen LogP contribution in [0.2, 0.25) is 10.0 Å². The van der Waals surface area contributed by atoms with Crippen molar-refractivity contribution in [3.05, 3.63) is 34.4 Å². The normalized spacial score (nSPS) is 10.8. The highest BCUT2D eigenvalue weighted by molar-refractivity contribution is 6.35. The van der Waals surface area contributed by atoms with Crippen LogP contribution in [0, 0.1) is 0 Å². The summed E-state index contributed by atoms with van der Waals surface area (Å²) in [7, 11) is 1.75. The number of nitrogens with zero attached hydrogens (tertiary/aromatic N) is 3. The van der Waals surface area contributed by atoms with Gasteiger partial charge in [0.15, 0.2) is 5.65 Å². The van der Waals surface area contributed by atoms with E-state index in [1.807, 2.05) is 0 Å². The van der Waals surface area contributed by atoms with Gasteiger partial charge in [0.25, 0.3) is 0 Å². The summed E-state index contributed by atoms with van der Waals surface area (Å²) in [5, 5.41) is 14.7. The van der Waals surface area contributed by atoms with Gasteiger partial charge in [0.1, 0.15) is 5.82 Å². The monoisotopic (exact) mass is 308 g/mol. The molecule has 6 nitrogen and oxygen atoms in total. The first kappa shape index (κ1) is 13.0. The van der Waals surface area contributed by atoms with Gasteiger partial charge in [0.2, 0.25) is 5.95 Å². The minimum absolute atomic E-state index is 0.484. The van der Waals surface area contributed by atoms with Crippen molar-refractivity contribution in [2.45, 2.75) is 0 Å². The Labute approximate surface area is 124 Å². The van der Waals surface area contributed by atoms with Gasteiger partial charge in [-0.05, 0) is 18.2 Å². The Morgan fingerprint density at radius 1 is 1.10 bits per heavy atom. The number of hydrogen-bond acceptors (Lipinski definition) is 5. The first-order chi connectivity index (χ1) is 9.65. The third-order valence-corrected chi connectivity index (χ3v) is 3.10. The van der Waals surface area contributed by atoms with Crippen LogP contribution < -0.4 is 10.6 Å². The van der Waals surface area contributed by atoms with Gasteiger partial charge in [-0.15, -0.1) is 0 Å². The average Bonchev–Trinajstić information content (AvgIpc) is 2.85. The van der Waals surface area contributed by atoms with Crippen LogP contribution in [0.15, 0.2) is 24.4 Å². The zero-order valence-electron chi connectivity index (χ0n) is 10.4. The van der Waals surface area contributed by atoms with Gasteiger partial charge in [-0.1, -0.05) is 23.2 Å². The predicted molar refractivity (Wildman–Crippen MR) is 81.0 cm³/mol. The SMILES string of the molecule is CNc1nc(Nc2cc(Cl)cc(Cl)c2)c2cn[nH]c2n1. The third-order valence-electron chi connectivity index (χ3n) is 2.66. The van der Waals surface area contributed by atoms with E-state index in [1.165, 1.54) is 0 Å². The minimum Gasteiger partial charge on any atom is -0.357 e. The summed E-state index contributed by atoms with van der Waals surface area (Å²) in [5.41, 5.74) is 1.38. The maximum absolute atomic E-state index is 5.98. The molecular formula is C12H10Cl2N6. The molecule has 3 N–H and O–H groups in total. The standard InChI is InChI=1S/C12H10Cl2N6/c1-15-12-18-10(9-5-16-20-11(9)19-12)17-8-3-6(13)2-7(14)4-8/h2-5H,1H3,(H3,15,16,17,18,19,20). The minimum atomic E-state index is 0.484. The second-order valence-electron chi connectivity index (χ2n) is 4.06. The van der Waals surface area contributed by atoms with Gasteiger partial charge in [0, 0.05) is 22.8 Å². The Balaban J connectivity index is 2.07. The Morgan fingerprint density at radius 3 is 2.55 bits per heavy atom. The van der Waals surface area contributed by atoms with Gasteiger partial charge in [0.05, 0.1) is 11.6 Å². The molecule has 0 atom stereocenters. The molecule has 8 heteroatoms. The average molecular weight is 309 g/mol. The number of benzene rings is 1. The predicted octanol–water partition coefficient (Wildman–Crippen LogP) is 3.45. The van der Waals surface area contributed by atoms with Crippen molar-refractivity contribution in [3.63, 3.8) is 0 Å². The molecule has 0 aliphatic rings. The molecule has 3 aromatic rings. The number of H-pyrrole nitrogens is 1. The topological polar surface area (TPSA) is 78.5 Å². The van der Waals surface area contributed by atoms with E-state index in [2.05, 4.69) is 30.8 Å². The van der Waals surface area contributed by atoms with Crippen LogP contribution in [0.25, 0.3) is 11.0 Å². The molecule has 0 fully saturated rings. The quantitative estimate of drug-likeness (QED) is 0.690. The van der Waals surface area contributed by atoms with Crippen molar-refractivity contribution in [2.24, 2.45) is 0 Å². The van der Waals surface area contributed by atoms with Gasteiger partial charge in [-0.2, -0.15) is 15.1 Å². The number of fused-ring (bicyclic) bond motifs is 1. The van der Waals surface area contributed by atoms with Gasteiger partial charge in [-0.3, -0.25) is 5.10 Å². The fourth-order valence-electron chi connectivity index (χ4n) is 1.80. The third kappa shape index (κ3) is 2.48. The second-order valence-corrected chi connectivity index (χ2v) is 4.93. The van der Waals surface area contributed by atoms with Crippen LogP contribution in [-0.2, 0) is 0 Å². The molecule has 0 saturated carbocycles. The van der Waals surface area contributed by atoms with Crippen LogP contribution in [0.5, 0.6) is 0 Å². The molecule has 0 bridgehead atoms. The Morgan fingerprint density at radius 2 is 1.85 bits per heavy atom. The zero-order valence-corrected chi connectivity index (χ0v) is 11.9. The number of aromatic nitrogens is 4. The van der Waals surface area contributed by atoms with E-state index in [-0.39, 0.29) is 0 Å². The molecule has 0 aliphatic carbocycles.